The highest BCUT2D eigenvalue weighted by Crippen LogP contribution is 2.09. The predicted octanol–water partition coefficient (Wildman–Crippen LogP) is 3.10. The van der Waals surface area contributed by atoms with Crippen LogP contribution in [0.5, 0.6) is 0 Å². The number of nitrogens with two attached hydrogens (primary N) is 1. The molecule has 23 heavy (non-hydrogen) atoms. The number of guanidine groups is 1. The number of unbranched alkanes of at least 4 members (excludes halogenated alkanes) is 1. The summed E-state index contributed by atoms with van der Waals surface area (Å²) < 4.78 is 5.17. The van der Waals surface area contributed by atoms with E-state index in [1.54, 1.807) is 0 Å². The zero-order valence-electron chi connectivity index (χ0n) is 14.8. The van der Waals surface area contributed by atoms with Crippen molar-refractivity contribution in [2.45, 2.75) is 64.9 Å². The Morgan fingerprint density at radius 1 is 1.17 bits per heavy atom. The number of nitrogens with zero attached hydrogens (tertiary/aromatic N) is 2. The van der Waals surface area contributed by atoms with Crippen LogP contribution < -0.4 is 11.1 Å². The monoisotopic (exact) mass is 440 g/mol. The number of carbonyl (C=O) groups is 1. The number of carbonyl (C=O) groups excluding carboxylic acids is 1. The summed E-state index contributed by atoms with van der Waals surface area (Å²) in [6, 6.07) is 0. The molecule has 1 saturated heterocycles. The summed E-state index contributed by atoms with van der Waals surface area (Å²) in [5.74, 6) is 0.669. The van der Waals surface area contributed by atoms with Gasteiger partial charge in [0, 0.05) is 26.2 Å². The Hall–Kier alpha value is -0.730. The Labute approximate surface area is 157 Å². The highest BCUT2D eigenvalue weighted by Gasteiger charge is 2.15. The molecule has 6 nitrogen and oxygen atoms in total. The van der Waals surface area contributed by atoms with Gasteiger partial charge in [-0.15, -0.1) is 24.0 Å². The zero-order chi connectivity index (χ0) is 16.4. The molecule has 1 amide bonds. The third-order valence-electron chi connectivity index (χ3n) is 3.46. The van der Waals surface area contributed by atoms with Crippen LogP contribution >= 0.6 is 24.0 Å². The van der Waals surface area contributed by atoms with Crippen molar-refractivity contribution in [2.24, 2.45) is 10.7 Å². The maximum atomic E-state index is 11.5. The van der Waals surface area contributed by atoms with Gasteiger partial charge in [-0.3, -0.25) is 4.99 Å². The molecular weight excluding hydrogens is 407 g/mol. The number of amides is 1. The predicted molar refractivity (Wildman–Crippen MR) is 105 cm³/mol. The van der Waals surface area contributed by atoms with Gasteiger partial charge in [0.05, 0.1) is 0 Å². The molecule has 1 aliphatic heterocycles. The molecule has 0 aromatic carbocycles. The lowest BCUT2D eigenvalue weighted by molar-refractivity contribution is 0.0527. The molecule has 1 fully saturated rings. The second kappa shape index (κ2) is 11.8. The number of ether oxygens (including phenoxy) is 1. The molecule has 0 atom stereocenters. The molecule has 0 spiro atoms. The van der Waals surface area contributed by atoms with Gasteiger partial charge in [0.25, 0.3) is 0 Å². The molecule has 0 radical (unpaired) electrons. The molecule has 0 aliphatic carbocycles. The van der Waals surface area contributed by atoms with Gasteiger partial charge in [0.2, 0.25) is 0 Å². The van der Waals surface area contributed by atoms with Crippen molar-refractivity contribution in [3.63, 3.8) is 0 Å². The van der Waals surface area contributed by atoms with E-state index in [-0.39, 0.29) is 30.1 Å². The number of rotatable bonds is 5. The maximum Gasteiger partial charge on any atom is 0.407 e. The van der Waals surface area contributed by atoms with E-state index >= 15 is 0 Å². The summed E-state index contributed by atoms with van der Waals surface area (Å²) >= 11 is 0. The van der Waals surface area contributed by atoms with Gasteiger partial charge in [-0.2, -0.15) is 0 Å². The van der Waals surface area contributed by atoms with Crippen molar-refractivity contribution in [3.05, 3.63) is 0 Å². The van der Waals surface area contributed by atoms with Gasteiger partial charge in [-0.1, -0.05) is 12.8 Å². The smallest absolute Gasteiger partial charge is 0.407 e. The van der Waals surface area contributed by atoms with E-state index in [0.29, 0.717) is 19.0 Å². The van der Waals surface area contributed by atoms with Gasteiger partial charge in [0.15, 0.2) is 5.96 Å². The highest BCUT2D eigenvalue weighted by molar-refractivity contribution is 14.0. The highest BCUT2D eigenvalue weighted by atomic mass is 127. The van der Waals surface area contributed by atoms with Crippen molar-refractivity contribution >= 4 is 36.0 Å². The summed E-state index contributed by atoms with van der Waals surface area (Å²) in [4.78, 5) is 18.1. The fourth-order valence-electron chi connectivity index (χ4n) is 2.33. The van der Waals surface area contributed by atoms with Crippen LogP contribution in [-0.4, -0.2) is 48.7 Å². The van der Waals surface area contributed by atoms with Gasteiger partial charge < -0.3 is 20.7 Å². The summed E-state index contributed by atoms with van der Waals surface area (Å²) in [6.45, 7) is 8.92. The average Bonchev–Trinajstić information content (AvgIpc) is 2.69. The Balaban J connectivity index is 0.00000484. The first-order valence-corrected chi connectivity index (χ1v) is 8.40. The number of alkyl carbamates (subject to hydrolysis) is 1. The molecule has 0 bridgehead atoms. The lowest BCUT2D eigenvalue weighted by Gasteiger charge is -2.21. The SMILES string of the molecule is CC(C)(C)OC(=O)NCCCCN=C(N)N1CCCCCC1.I. The van der Waals surface area contributed by atoms with Crippen LogP contribution in [0.1, 0.15) is 59.3 Å². The number of halogens is 1. The summed E-state index contributed by atoms with van der Waals surface area (Å²) in [5.41, 5.74) is 5.59. The largest absolute Gasteiger partial charge is 0.444 e. The Morgan fingerprint density at radius 3 is 2.35 bits per heavy atom. The number of likely N-dealkylation sites (tertiary alicyclic amines) is 1. The van der Waals surface area contributed by atoms with Crippen molar-refractivity contribution in [1.29, 1.82) is 0 Å². The van der Waals surface area contributed by atoms with Crippen LogP contribution in [0.3, 0.4) is 0 Å². The summed E-state index contributed by atoms with van der Waals surface area (Å²) in [7, 11) is 0. The van der Waals surface area contributed by atoms with Gasteiger partial charge in [-0.25, -0.2) is 4.79 Å². The van der Waals surface area contributed by atoms with Crippen molar-refractivity contribution in [3.8, 4) is 0 Å². The van der Waals surface area contributed by atoms with Crippen LogP contribution in [0.4, 0.5) is 4.79 Å². The number of hydrogen-bond acceptors (Lipinski definition) is 3. The second-order valence-electron chi connectivity index (χ2n) is 6.78. The van der Waals surface area contributed by atoms with Crippen molar-refractivity contribution in [1.82, 2.24) is 10.2 Å². The first kappa shape index (κ1) is 22.3. The van der Waals surface area contributed by atoms with Gasteiger partial charge >= 0.3 is 6.09 Å². The molecule has 0 aromatic heterocycles. The van der Waals surface area contributed by atoms with Gasteiger partial charge in [-0.05, 0) is 46.5 Å². The summed E-state index contributed by atoms with van der Waals surface area (Å²) in [5, 5.41) is 2.75. The van der Waals surface area contributed by atoms with E-state index in [1.807, 2.05) is 20.8 Å². The molecule has 0 unspecified atom stereocenters. The minimum absolute atomic E-state index is 0. The third kappa shape index (κ3) is 11.4. The molecule has 3 N–H and O–H groups in total. The van der Waals surface area contributed by atoms with Crippen LogP contribution in [0.2, 0.25) is 0 Å². The Bertz CT molecular complexity index is 362. The van der Waals surface area contributed by atoms with E-state index < -0.39 is 5.60 Å². The van der Waals surface area contributed by atoms with Gasteiger partial charge in [0.1, 0.15) is 5.60 Å². The van der Waals surface area contributed by atoms with Crippen LogP contribution in [0.25, 0.3) is 0 Å². The van der Waals surface area contributed by atoms with E-state index in [2.05, 4.69) is 15.2 Å². The van der Waals surface area contributed by atoms with Crippen LogP contribution in [0, 0.1) is 0 Å². The van der Waals surface area contributed by atoms with E-state index in [1.165, 1.54) is 25.7 Å². The molecule has 7 heteroatoms. The van der Waals surface area contributed by atoms with E-state index in [9.17, 15) is 4.79 Å². The lowest BCUT2D eigenvalue weighted by atomic mass is 10.2. The van der Waals surface area contributed by atoms with Crippen LogP contribution in [-0.2, 0) is 4.74 Å². The topological polar surface area (TPSA) is 79.9 Å². The average molecular weight is 440 g/mol. The van der Waals surface area contributed by atoms with Crippen molar-refractivity contribution in [2.75, 3.05) is 26.2 Å². The normalized spacial score (nSPS) is 16.3. The first-order valence-electron chi connectivity index (χ1n) is 8.40. The molecule has 1 aliphatic rings. The molecular formula is C16H33IN4O2. The molecule has 0 saturated carbocycles. The molecule has 0 aromatic rings. The lowest BCUT2D eigenvalue weighted by Crippen LogP contribution is -2.38. The molecule has 1 heterocycles. The second-order valence-corrected chi connectivity index (χ2v) is 6.78. The molecule has 136 valence electrons. The minimum Gasteiger partial charge on any atom is -0.444 e. The Kier molecular flexibility index (Phi) is 11.4. The van der Waals surface area contributed by atoms with E-state index in [0.717, 1.165) is 25.9 Å². The third-order valence-corrected chi connectivity index (χ3v) is 3.46. The number of aliphatic imine (C=N–C) groups is 1. The summed E-state index contributed by atoms with van der Waals surface area (Å²) in [6.07, 6.45) is 6.41. The quantitative estimate of drug-likeness (QED) is 0.298. The zero-order valence-corrected chi connectivity index (χ0v) is 17.1. The van der Waals surface area contributed by atoms with E-state index in [4.69, 9.17) is 10.5 Å². The minimum atomic E-state index is -0.448. The standard InChI is InChI=1S/C16H32N4O2.HI/c1-16(2,3)22-15(21)19-11-7-6-10-18-14(17)20-12-8-4-5-9-13-20;/h4-13H2,1-3H3,(H2,17,18)(H,19,21);1H. The number of nitrogens with one attached hydrogen (secondary N) is 1. The van der Waals surface area contributed by atoms with Crippen molar-refractivity contribution < 1.29 is 9.53 Å². The first-order chi connectivity index (χ1) is 10.4. The Morgan fingerprint density at radius 2 is 1.78 bits per heavy atom. The number of hydrogen-bond donors (Lipinski definition) is 2. The van der Waals surface area contributed by atoms with Crippen LogP contribution in [0.15, 0.2) is 4.99 Å². The maximum absolute atomic E-state index is 11.5. The fourth-order valence-corrected chi connectivity index (χ4v) is 2.33. The fraction of sp³-hybridized carbons (Fsp3) is 0.875. The molecule has 1 rings (SSSR count).